The van der Waals surface area contributed by atoms with Crippen molar-refractivity contribution < 1.29 is 0 Å². The monoisotopic (exact) mass is 240 g/mol. The first-order valence-corrected chi connectivity index (χ1v) is 6.09. The first-order chi connectivity index (χ1) is 7.22. The minimum atomic E-state index is 0.664. The maximum absolute atomic E-state index is 5.17. The Morgan fingerprint density at radius 3 is 3.00 bits per heavy atom. The number of H-pyrrole nitrogens is 1. The van der Waals surface area contributed by atoms with E-state index in [1.807, 2.05) is 16.9 Å². The molecule has 0 atom stereocenters. The van der Waals surface area contributed by atoms with Gasteiger partial charge in [-0.15, -0.1) is 11.3 Å². The van der Waals surface area contributed by atoms with Gasteiger partial charge in [0.15, 0.2) is 10.6 Å². The van der Waals surface area contributed by atoms with Crippen LogP contribution in [0.4, 0.5) is 0 Å². The van der Waals surface area contributed by atoms with Crippen molar-refractivity contribution in [1.29, 1.82) is 0 Å². The van der Waals surface area contributed by atoms with Gasteiger partial charge in [0, 0.05) is 11.9 Å². The summed E-state index contributed by atoms with van der Waals surface area (Å²) in [5.74, 6) is 0.839. The van der Waals surface area contributed by atoms with Gasteiger partial charge in [-0.05, 0) is 25.6 Å². The molecule has 2 aromatic heterocycles. The van der Waals surface area contributed by atoms with Crippen molar-refractivity contribution in [3.8, 4) is 11.5 Å². The van der Waals surface area contributed by atoms with Gasteiger partial charge < -0.3 is 0 Å². The molecule has 6 heteroatoms. The van der Waals surface area contributed by atoms with Crippen molar-refractivity contribution >= 4 is 23.6 Å². The summed E-state index contributed by atoms with van der Waals surface area (Å²) in [6, 6.07) is 0. The summed E-state index contributed by atoms with van der Waals surface area (Å²) in [4.78, 5) is 4.41. The lowest BCUT2D eigenvalue weighted by Crippen LogP contribution is -2.00. The molecule has 0 aliphatic rings. The molecule has 0 bridgehead atoms. The molecule has 0 unspecified atom stereocenters. The molecule has 15 heavy (non-hydrogen) atoms. The summed E-state index contributed by atoms with van der Waals surface area (Å²) in [5, 5.41) is 10.1. The molecule has 0 aromatic carbocycles. The number of nitrogens with one attached hydrogen (secondary N) is 1. The molecule has 0 fully saturated rings. The van der Waals surface area contributed by atoms with E-state index in [2.05, 4.69) is 22.1 Å². The van der Waals surface area contributed by atoms with Gasteiger partial charge in [-0.1, -0.05) is 6.92 Å². The standard InChI is InChI=1S/C9H12N4S2/c1-3-4-13-8(11-12-9(13)14)7-5-15-6(2)10-7/h5H,3-4H2,1-2H3,(H,12,14). The van der Waals surface area contributed by atoms with Gasteiger partial charge in [-0.25, -0.2) is 4.98 Å². The van der Waals surface area contributed by atoms with Gasteiger partial charge in [-0.2, -0.15) is 5.10 Å². The van der Waals surface area contributed by atoms with Gasteiger partial charge in [0.2, 0.25) is 0 Å². The topological polar surface area (TPSA) is 46.5 Å². The molecule has 80 valence electrons. The zero-order chi connectivity index (χ0) is 10.8. The molecular weight excluding hydrogens is 228 g/mol. The number of nitrogens with zero attached hydrogens (tertiary/aromatic N) is 3. The molecule has 0 amide bonds. The normalized spacial score (nSPS) is 10.8. The molecule has 0 saturated carbocycles. The molecule has 0 spiro atoms. The SMILES string of the molecule is CCCn1c(-c2csc(C)n2)n[nH]c1=S. The Balaban J connectivity index is 2.48. The van der Waals surface area contributed by atoms with Crippen LogP contribution in [-0.2, 0) is 6.54 Å². The van der Waals surface area contributed by atoms with Gasteiger partial charge in [-0.3, -0.25) is 9.67 Å². The van der Waals surface area contributed by atoms with Crippen LogP contribution in [0.25, 0.3) is 11.5 Å². The van der Waals surface area contributed by atoms with Crippen LogP contribution >= 0.6 is 23.6 Å². The number of aromatic nitrogens is 4. The molecule has 0 radical (unpaired) electrons. The van der Waals surface area contributed by atoms with Gasteiger partial charge >= 0.3 is 0 Å². The van der Waals surface area contributed by atoms with Crippen molar-refractivity contribution in [3.63, 3.8) is 0 Å². The van der Waals surface area contributed by atoms with Crippen LogP contribution in [0.3, 0.4) is 0 Å². The van der Waals surface area contributed by atoms with Crippen LogP contribution in [0.15, 0.2) is 5.38 Å². The van der Waals surface area contributed by atoms with Crippen LogP contribution in [0, 0.1) is 11.7 Å². The maximum atomic E-state index is 5.17. The summed E-state index contributed by atoms with van der Waals surface area (Å²) in [5.41, 5.74) is 0.901. The lowest BCUT2D eigenvalue weighted by atomic mass is 10.4. The van der Waals surface area contributed by atoms with E-state index in [-0.39, 0.29) is 0 Å². The number of hydrogen-bond donors (Lipinski definition) is 1. The molecule has 0 saturated heterocycles. The molecule has 2 aromatic rings. The van der Waals surface area contributed by atoms with Crippen LogP contribution in [0.2, 0.25) is 0 Å². The van der Waals surface area contributed by atoms with Crippen LogP contribution in [0.1, 0.15) is 18.4 Å². The maximum Gasteiger partial charge on any atom is 0.195 e. The van der Waals surface area contributed by atoms with Crippen molar-refractivity contribution in [2.75, 3.05) is 0 Å². The van der Waals surface area contributed by atoms with E-state index in [4.69, 9.17) is 12.2 Å². The molecule has 4 nitrogen and oxygen atoms in total. The average molecular weight is 240 g/mol. The third-order valence-electron chi connectivity index (χ3n) is 2.05. The van der Waals surface area contributed by atoms with Crippen molar-refractivity contribution in [1.82, 2.24) is 19.7 Å². The largest absolute Gasteiger partial charge is 0.299 e. The fourth-order valence-electron chi connectivity index (χ4n) is 1.41. The Morgan fingerprint density at radius 1 is 1.60 bits per heavy atom. The number of rotatable bonds is 3. The third-order valence-corrected chi connectivity index (χ3v) is 3.14. The lowest BCUT2D eigenvalue weighted by molar-refractivity contribution is 0.673. The zero-order valence-corrected chi connectivity index (χ0v) is 10.3. The fraction of sp³-hybridized carbons (Fsp3) is 0.444. The van der Waals surface area contributed by atoms with Gasteiger partial charge in [0.25, 0.3) is 0 Å². The van der Waals surface area contributed by atoms with Crippen LogP contribution in [-0.4, -0.2) is 19.7 Å². The van der Waals surface area contributed by atoms with E-state index < -0.39 is 0 Å². The predicted molar refractivity (Wildman–Crippen MR) is 63.5 cm³/mol. The molecule has 2 heterocycles. The highest BCUT2D eigenvalue weighted by atomic mass is 32.1. The summed E-state index contributed by atoms with van der Waals surface area (Å²) in [7, 11) is 0. The third kappa shape index (κ3) is 2.00. The summed E-state index contributed by atoms with van der Waals surface area (Å²) >= 11 is 6.79. The Bertz CT molecular complexity index is 508. The first-order valence-electron chi connectivity index (χ1n) is 4.80. The van der Waals surface area contributed by atoms with Crippen LogP contribution < -0.4 is 0 Å². The number of aryl methyl sites for hydroxylation is 1. The molecule has 1 N–H and O–H groups in total. The van der Waals surface area contributed by atoms with E-state index in [1.54, 1.807) is 11.3 Å². The van der Waals surface area contributed by atoms with Crippen molar-refractivity contribution in [2.45, 2.75) is 26.8 Å². The quantitative estimate of drug-likeness (QED) is 0.839. The van der Waals surface area contributed by atoms with E-state index in [0.29, 0.717) is 4.77 Å². The number of thiazole rings is 1. The summed E-state index contributed by atoms with van der Waals surface area (Å²) < 4.78 is 2.65. The Kier molecular flexibility index (Phi) is 2.97. The van der Waals surface area contributed by atoms with E-state index in [0.717, 1.165) is 29.5 Å². The van der Waals surface area contributed by atoms with Crippen molar-refractivity contribution in [3.05, 3.63) is 15.2 Å². The second-order valence-electron chi connectivity index (χ2n) is 3.26. The smallest absolute Gasteiger partial charge is 0.195 e. The second kappa shape index (κ2) is 4.24. The van der Waals surface area contributed by atoms with E-state index in [1.165, 1.54) is 0 Å². The zero-order valence-electron chi connectivity index (χ0n) is 8.65. The second-order valence-corrected chi connectivity index (χ2v) is 4.70. The van der Waals surface area contributed by atoms with Crippen LogP contribution in [0.5, 0.6) is 0 Å². The van der Waals surface area contributed by atoms with E-state index in [9.17, 15) is 0 Å². The van der Waals surface area contributed by atoms with Gasteiger partial charge in [0.1, 0.15) is 5.69 Å². The highest BCUT2D eigenvalue weighted by Crippen LogP contribution is 2.19. The van der Waals surface area contributed by atoms with Gasteiger partial charge in [0.05, 0.1) is 5.01 Å². The minimum absolute atomic E-state index is 0.664. The highest BCUT2D eigenvalue weighted by Gasteiger charge is 2.10. The average Bonchev–Trinajstić information content (AvgIpc) is 2.76. The predicted octanol–water partition coefficient (Wildman–Crippen LogP) is 2.78. The fourth-order valence-corrected chi connectivity index (χ4v) is 2.23. The molecule has 2 rings (SSSR count). The first kappa shape index (κ1) is 10.5. The number of hydrogen-bond acceptors (Lipinski definition) is 4. The molecule has 0 aliphatic heterocycles. The summed E-state index contributed by atoms with van der Waals surface area (Å²) in [6.45, 7) is 4.98. The Morgan fingerprint density at radius 2 is 2.40 bits per heavy atom. The molecule has 0 aliphatic carbocycles. The number of aromatic amines is 1. The Labute approximate surface area is 97.0 Å². The molecular formula is C9H12N4S2. The highest BCUT2D eigenvalue weighted by molar-refractivity contribution is 7.71. The van der Waals surface area contributed by atoms with E-state index >= 15 is 0 Å². The Hall–Kier alpha value is -1.01. The lowest BCUT2D eigenvalue weighted by Gasteiger charge is -2.01. The van der Waals surface area contributed by atoms with Crippen molar-refractivity contribution in [2.24, 2.45) is 0 Å². The summed E-state index contributed by atoms with van der Waals surface area (Å²) in [6.07, 6.45) is 1.03. The minimum Gasteiger partial charge on any atom is -0.299 e.